The van der Waals surface area contributed by atoms with Crippen LogP contribution in [0.25, 0.3) is 0 Å². The summed E-state index contributed by atoms with van der Waals surface area (Å²) in [5.41, 5.74) is 6.47. The summed E-state index contributed by atoms with van der Waals surface area (Å²) in [5.74, 6) is -0.314. The van der Waals surface area contributed by atoms with Gasteiger partial charge in [0.1, 0.15) is 0 Å². The minimum absolute atomic E-state index is 0.0244. The number of ether oxygens (including phenoxy) is 1. The molecule has 0 radical (unpaired) electrons. The fourth-order valence-electron chi connectivity index (χ4n) is 2.50. The van der Waals surface area contributed by atoms with E-state index in [1.807, 2.05) is 6.92 Å². The van der Waals surface area contributed by atoms with Crippen LogP contribution in [-0.4, -0.2) is 38.0 Å². The van der Waals surface area contributed by atoms with E-state index in [0.29, 0.717) is 23.4 Å². The zero-order valence-electron chi connectivity index (χ0n) is 12.2. The molecule has 0 saturated carbocycles. The van der Waals surface area contributed by atoms with Gasteiger partial charge in [0.05, 0.1) is 35.1 Å². The van der Waals surface area contributed by atoms with E-state index in [9.17, 15) is 13.2 Å². The summed E-state index contributed by atoms with van der Waals surface area (Å²) in [6.45, 7) is 3.81. The first-order valence-electron chi connectivity index (χ1n) is 6.80. The third kappa shape index (κ3) is 3.47. The standard InChI is InChI=1S/C14H20N2O4S/c1-3-20-13(17)10-5-4-6-11(15)12(10)16-14(2)7-8-21(18,19)9-14/h4-6,16H,3,7-9,15H2,1-2H3. The van der Waals surface area contributed by atoms with Crippen LogP contribution in [0.3, 0.4) is 0 Å². The summed E-state index contributed by atoms with van der Waals surface area (Å²) in [5, 5.41) is 3.14. The third-order valence-electron chi connectivity index (χ3n) is 3.52. The maximum absolute atomic E-state index is 12.0. The molecule has 1 heterocycles. The van der Waals surface area contributed by atoms with Gasteiger partial charge in [-0.25, -0.2) is 13.2 Å². The van der Waals surface area contributed by atoms with Crippen molar-refractivity contribution in [3.05, 3.63) is 23.8 Å². The molecule has 0 spiro atoms. The number of para-hydroxylation sites is 1. The van der Waals surface area contributed by atoms with Gasteiger partial charge < -0.3 is 15.8 Å². The Labute approximate surface area is 124 Å². The third-order valence-corrected chi connectivity index (χ3v) is 5.43. The fraction of sp³-hybridized carbons (Fsp3) is 0.500. The first-order valence-corrected chi connectivity index (χ1v) is 8.63. The second-order valence-corrected chi connectivity index (χ2v) is 7.70. The van der Waals surface area contributed by atoms with Gasteiger partial charge in [0.2, 0.25) is 0 Å². The van der Waals surface area contributed by atoms with Gasteiger partial charge in [-0.05, 0) is 32.4 Å². The van der Waals surface area contributed by atoms with Crippen LogP contribution in [0.4, 0.5) is 11.4 Å². The number of rotatable bonds is 4. The van der Waals surface area contributed by atoms with Crippen LogP contribution < -0.4 is 11.1 Å². The lowest BCUT2D eigenvalue weighted by Crippen LogP contribution is -2.36. The monoisotopic (exact) mass is 312 g/mol. The summed E-state index contributed by atoms with van der Waals surface area (Å²) in [6.07, 6.45) is 0.478. The molecular formula is C14H20N2O4S. The Morgan fingerprint density at radius 3 is 2.76 bits per heavy atom. The zero-order chi connectivity index (χ0) is 15.7. The number of esters is 1. The Morgan fingerprint density at radius 1 is 1.48 bits per heavy atom. The van der Waals surface area contributed by atoms with Crippen molar-refractivity contribution < 1.29 is 17.9 Å². The van der Waals surface area contributed by atoms with Gasteiger partial charge in [-0.1, -0.05) is 6.07 Å². The van der Waals surface area contributed by atoms with Crippen LogP contribution in [0, 0.1) is 0 Å². The largest absolute Gasteiger partial charge is 0.462 e. The molecule has 1 unspecified atom stereocenters. The van der Waals surface area contributed by atoms with Gasteiger partial charge in [-0.2, -0.15) is 0 Å². The molecule has 7 heteroatoms. The molecule has 116 valence electrons. The molecule has 21 heavy (non-hydrogen) atoms. The SMILES string of the molecule is CCOC(=O)c1cccc(N)c1NC1(C)CCS(=O)(=O)C1. The van der Waals surface area contributed by atoms with Gasteiger partial charge >= 0.3 is 5.97 Å². The number of sulfone groups is 1. The van der Waals surface area contributed by atoms with Crippen LogP contribution in [0.2, 0.25) is 0 Å². The van der Waals surface area contributed by atoms with Crippen molar-refractivity contribution in [2.75, 3.05) is 29.2 Å². The quantitative estimate of drug-likeness (QED) is 0.645. The van der Waals surface area contributed by atoms with Gasteiger partial charge in [0.25, 0.3) is 0 Å². The maximum atomic E-state index is 12.0. The summed E-state index contributed by atoms with van der Waals surface area (Å²) in [4.78, 5) is 12.0. The molecule has 2 rings (SSSR count). The van der Waals surface area contributed by atoms with Crippen LogP contribution in [0.1, 0.15) is 30.6 Å². The fourth-order valence-corrected chi connectivity index (χ4v) is 4.59. The summed E-state index contributed by atoms with van der Waals surface area (Å²) < 4.78 is 28.4. The topological polar surface area (TPSA) is 98.5 Å². The molecule has 1 atom stereocenters. The highest BCUT2D eigenvalue weighted by atomic mass is 32.2. The molecule has 1 aliphatic rings. The second kappa shape index (κ2) is 5.55. The minimum Gasteiger partial charge on any atom is -0.462 e. The molecule has 0 aromatic heterocycles. The van der Waals surface area contributed by atoms with Crippen LogP contribution in [-0.2, 0) is 14.6 Å². The number of hydrogen-bond acceptors (Lipinski definition) is 6. The van der Waals surface area contributed by atoms with Crippen LogP contribution in [0.5, 0.6) is 0 Å². The Hall–Kier alpha value is -1.76. The number of carbonyl (C=O) groups is 1. The molecule has 1 saturated heterocycles. The minimum atomic E-state index is -3.05. The van der Waals surface area contributed by atoms with Crippen molar-refractivity contribution >= 4 is 27.2 Å². The van der Waals surface area contributed by atoms with Crippen molar-refractivity contribution in [2.24, 2.45) is 0 Å². The average molecular weight is 312 g/mol. The number of benzene rings is 1. The normalized spacial score (nSPS) is 23.7. The predicted octanol–water partition coefficient (Wildman–Crippen LogP) is 1.43. The number of carbonyl (C=O) groups excluding carboxylic acids is 1. The van der Waals surface area contributed by atoms with Gasteiger partial charge in [-0.15, -0.1) is 0 Å². The summed E-state index contributed by atoms with van der Waals surface area (Å²) in [7, 11) is -3.05. The molecule has 1 fully saturated rings. The Bertz CT molecular complexity index is 657. The number of nitrogens with one attached hydrogen (secondary N) is 1. The van der Waals surface area contributed by atoms with E-state index in [-0.39, 0.29) is 18.1 Å². The number of nitrogen functional groups attached to an aromatic ring is 1. The number of hydrogen-bond donors (Lipinski definition) is 2. The Morgan fingerprint density at radius 2 is 2.19 bits per heavy atom. The lowest BCUT2D eigenvalue weighted by Gasteiger charge is -2.27. The number of nitrogens with two attached hydrogens (primary N) is 1. The van der Waals surface area contributed by atoms with Crippen molar-refractivity contribution in [1.29, 1.82) is 0 Å². The summed E-state index contributed by atoms with van der Waals surface area (Å²) in [6, 6.07) is 4.95. The molecule has 3 N–H and O–H groups in total. The van der Waals surface area contributed by atoms with E-state index in [2.05, 4.69) is 5.32 Å². The second-order valence-electron chi connectivity index (χ2n) is 5.52. The smallest absolute Gasteiger partial charge is 0.340 e. The lowest BCUT2D eigenvalue weighted by atomic mass is 10.00. The van der Waals surface area contributed by atoms with E-state index in [1.54, 1.807) is 25.1 Å². The highest BCUT2D eigenvalue weighted by molar-refractivity contribution is 7.91. The molecule has 0 aliphatic carbocycles. The number of anilines is 2. The predicted molar refractivity (Wildman–Crippen MR) is 82.1 cm³/mol. The molecule has 0 amide bonds. The van der Waals surface area contributed by atoms with Crippen LogP contribution >= 0.6 is 0 Å². The first-order chi connectivity index (χ1) is 9.76. The molecule has 1 aromatic rings. The van der Waals surface area contributed by atoms with E-state index in [4.69, 9.17) is 10.5 Å². The van der Waals surface area contributed by atoms with Crippen molar-refractivity contribution in [3.63, 3.8) is 0 Å². The van der Waals surface area contributed by atoms with Crippen molar-refractivity contribution in [2.45, 2.75) is 25.8 Å². The lowest BCUT2D eigenvalue weighted by molar-refractivity contribution is 0.0527. The summed E-state index contributed by atoms with van der Waals surface area (Å²) >= 11 is 0. The van der Waals surface area contributed by atoms with Crippen LogP contribution in [0.15, 0.2) is 18.2 Å². The van der Waals surface area contributed by atoms with Gasteiger partial charge in [-0.3, -0.25) is 0 Å². The maximum Gasteiger partial charge on any atom is 0.340 e. The highest BCUT2D eigenvalue weighted by Crippen LogP contribution is 2.32. The van der Waals surface area contributed by atoms with E-state index < -0.39 is 21.3 Å². The molecular weight excluding hydrogens is 292 g/mol. The van der Waals surface area contributed by atoms with E-state index >= 15 is 0 Å². The Kier molecular flexibility index (Phi) is 4.13. The highest BCUT2D eigenvalue weighted by Gasteiger charge is 2.39. The first kappa shape index (κ1) is 15.6. The van der Waals surface area contributed by atoms with Gasteiger partial charge in [0.15, 0.2) is 9.84 Å². The molecule has 0 bridgehead atoms. The van der Waals surface area contributed by atoms with Crippen molar-refractivity contribution in [1.82, 2.24) is 0 Å². The van der Waals surface area contributed by atoms with E-state index in [1.165, 1.54) is 0 Å². The zero-order valence-corrected chi connectivity index (χ0v) is 13.0. The average Bonchev–Trinajstić information content (AvgIpc) is 2.66. The van der Waals surface area contributed by atoms with Crippen molar-refractivity contribution in [3.8, 4) is 0 Å². The van der Waals surface area contributed by atoms with E-state index in [0.717, 1.165) is 0 Å². The van der Waals surface area contributed by atoms with Gasteiger partial charge in [0, 0.05) is 5.54 Å². The molecule has 1 aromatic carbocycles. The molecule has 6 nitrogen and oxygen atoms in total. The Balaban J connectivity index is 2.34. The molecule has 1 aliphatic heterocycles.